The van der Waals surface area contributed by atoms with Crippen LogP contribution in [0.3, 0.4) is 0 Å². The number of sulfonamides is 1. The number of thiocarbonyl (C=S) groups is 1. The molecule has 28 heavy (non-hydrogen) atoms. The van der Waals surface area contributed by atoms with Crippen LogP contribution in [-0.2, 0) is 14.8 Å². The second kappa shape index (κ2) is 9.92. The number of rotatable bonds is 8. The zero-order chi connectivity index (χ0) is 20.7. The third-order valence-electron chi connectivity index (χ3n) is 3.62. The number of halogens is 1. The molecule has 0 saturated heterocycles. The van der Waals surface area contributed by atoms with Crippen molar-refractivity contribution in [3.8, 4) is 5.75 Å². The number of anilines is 2. The number of hydrogen-bond acceptors (Lipinski definition) is 5. The summed E-state index contributed by atoms with van der Waals surface area (Å²) in [5.74, 6) is 0.397. The van der Waals surface area contributed by atoms with Crippen molar-refractivity contribution in [1.82, 2.24) is 5.32 Å². The molecule has 7 nitrogen and oxygen atoms in total. The van der Waals surface area contributed by atoms with Crippen molar-refractivity contribution < 1.29 is 17.9 Å². The zero-order valence-electron chi connectivity index (χ0n) is 15.7. The van der Waals surface area contributed by atoms with Crippen molar-refractivity contribution in [2.45, 2.75) is 17.9 Å². The summed E-state index contributed by atoms with van der Waals surface area (Å²) in [7, 11) is -0.894. The molecule has 0 heterocycles. The standard InChI is InChI=1S/C18H22ClN3O4S2/c1-12(11-25-2)20-18(27)21-13-8-9-14(19)17(10-13)28(23,24)22-15-6-4-5-7-16(15)26-3/h4-10,12,22H,11H2,1-3H3,(H2,20,21,27). The van der Waals surface area contributed by atoms with E-state index in [2.05, 4.69) is 15.4 Å². The van der Waals surface area contributed by atoms with Gasteiger partial charge in [-0.05, 0) is 49.5 Å². The van der Waals surface area contributed by atoms with Gasteiger partial charge >= 0.3 is 0 Å². The highest BCUT2D eigenvalue weighted by molar-refractivity contribution is 7.92. The topological polar surface area (TPSA) is 88.7 Å². The lowest BCUT2D eigenvalue weighted by Crippen LogP contribution is -2.38. The highest BCUT2D eigenvalue weighted by Gasteiger charge is 2.20. The fourth-order valence-corrected chi connectivity index (χ4v) is 4.31. The van der Waals surface area contributed by atoms with Crippen LogP contribution in [0.5, 0.6) is 5.75 Å². The van der Waals surface area contributed by atoms with Gasteiger partial charge in [0.15, 0.2) is 5.11 Å². The summed E-state index contributed by atoms with van der Waals surface area (Å²) in [6.07, 6.45) is 0. The van der Waals surface area contributed by atoms with E-state index in [0.29, 0.717) is 28.8 Å². The Morgan fingerprint density at radius 2 is 1.93 bits per heavy atom. The number of ether oxygens (including phenoxy) is 2. The number of benzene rings is 2. The van der Waals surface area contributed by atoms with Gasteiger partial charge < -0.3 is 20.1 Å². The van der Waals surface area contributed by atoms with E-state index in [4.69, 9.17) is 33.3 Å². The van der Waals surface area contributed by atoms with Crippen LogP contribution in [0.4, 0.5) is 11.4 Å². The first-order chi connectivity index (χ1) is 13.3. The van der Waals surface area contributed by atoms with E-state index in [1.807, 2.05) is 6.92 Å². The van der Waals surface area contributed by atoms with Crippen molar-refractivity contribution in [2.75, 3.05) is 30.9 Å². The largest absolute Gasteiger partial charge is 0.495 e. The Labute approximate surface area is 175 Å². The van der Waals surface area contributed by atoms with Gasteiger partial charge in [-0.25, -0.2) is 8.42 Å². The third-order valence-corrected chi connectivity index (χ3v) is 5.69. The minimum atomic E-state index is -3.95. The first kappa shape index (κ1) is 22.2. The summed E-state index contributed by atoms with van der Waals surface area (Å²) < 4.78 is 38.4. The normalized spacial score (nSPS) is 12.1. The second-order valence-corrected chi connectivity index (χ2v) is 8.37. The molecule has 2 rings (SSSR count). The molecule has 0 radical (unpaired) electrons. The Kier molecular flexibility index (Phi) is 7.88. The molecule has 10 heteroatoms. The van der Waals surface area contributed by atoms with E-state index < -0.39 is 10.0 Å². The number of hydrogen-bond donors (Lipinski definition) is 3. The van der Waals surface area contributed by atoms with Crippen molar-refractivity contribution in [3.05, 3.63) is 47.5 Å². The van der Waals surface area contributed by atoms with Crippen LogP contribution in [0.2, 0.25) is 5.02 Å². The molecule has 0 aliphatic rings. The Bertz CT molecular complexity index is 938. The lowest BCUT2D eigenvalue weighted by Gasteiger charge is -2.17. The molecule has 0 aromatic heterocycles. The van der Waals surface area contributed by atoms with E-state index >= 15 is 0 Å². The number of nitrogens with one attached hydrogen (secondary N) is 3. The quantitative estimate of drug-likeness (QED) is 0.538. The molecule has 152 valence electrons. The minimum Gasteiger partial charge on any atom is -0.495 e. The molecule has 3 N–H and O–H groups in total. The predicted octanol–water partition coefficient (Wildman–Crippen LogP) is 3.47. The highest BCUT2D eigenvalue weighted by Crippen LogP contribution is 2.30. The van der Waals surface area contributed by atoms with E-state index in [0.717, 1.165) is 0 Å². The minimum absolute atomic E-state index is 0.00674. The van der Waals surface area contributed by atoms with Gasteiger partial charge in [-0.3, -0.25) is 4.72 Å². The Morgan fingerprint density at radius 3 is 2.61 bits per heavy atom. The van der Waals surface area contributed by atoms with Gasteiger partial charge in [0, 0.05) is 18.8 Å². The Balaban J connectivity index is 2.23. The van der Waals surface area contributed by atoms with Crippen LogP contribution in [0.1, 0.15) is 6.92 Å². The smallest absolute Gasteiger partial charge is 0.263 e. The first-order valence-corrected chi connectivity index (χ1v) is 10.6. The average Bonchev–Trinajstić information content (AvgIpc) is 2.63. The number of methoxy groups -OCH3 is 2. The van der Waals surface area contributed by atoms with Crippen LogP contribution in [0, 0.1) is 0 Å². The molecule has 0 amide bonds. The van der Waals surface area contributed by atoms with Crippen LogP contribution in [0.25, 0.3) is 0 Å². The van der Waals surface area contributed by atoms with Gasteiger partial charge in [-0.2, -0.15) is 0 Å². The van der Waals surface area contributed by atoms with E-state index in [-0.39, 0.29) is 16.0 Å². The lowest BCUT2D eigenvalue weighted by atomic mass is 10.3. The monoisotopic (exact) mass is 443 g/mol. The SMILES string of the molecule is COCC(C)NC(=S)Nc1ccc(Cl)c(S(=O)(=O)Nc2ccccc2OC)c1. The van der Waals surface area contributed by atoms with Crippen LogP contribution in [0.15, 0.2) is 47.4 Å². The maximum absolute atomic E-state index is 12.8. The van der Waals surface area contributed by atoms with E-state index in [1.54, 1.807) is 37.4 Å². The van der Waals surface area contributed by atoms with Crippen molar-refractivity contribution in [1.29, 1.82) is 0 Å². The molecule has 1 unspecified atom stereocenters. The summed E-state index contributed by atoms with van der Waals surface area (Å²) in [6.45, 7) is 2.39. The van der Waals surface area contributed by atoms with Gasteiger partial charge in [-0.15, -0.1) is 0 Å². The highest BCUT2D eigenvalue weighted by atomic mass is 35.5. The van der Waals surface area contributed by atoms with Crippen molar-refractivity contribution in [2.24, 2.45) is 0 Å². The van der Waals surface area contributed by atoms with Crippen molar-refractivity contribution in [3.63, 3.8) is 0 Å². The van der Waals surface area contributed by atoms with E-state index in [1.165, 1.54) is 19.2 Å². The van der Waals surface area contributed by atoms with Gasteiger partial charge in [0.25, 0.3) is 10.0 Å². The molecule has 0 aliphatic carbocycles. The van der Waals surface area contributed by atoms with E-state index in [9.17, 15) is 8.42 Å². The maximum atomic E-state index is 12.8. The summed E-state index contributed by atoms with van der Waals surface area (Å²) in [5, 5.41) is 6.41. The summed E-state index contributed by atoms with van der Waals surface area (Å²) in [5.41, 5.74) is 0.789. The predicted molar refractivity (Wildman–Crippen MR) is 116 cm³/mol. The van der Waals surface area contributed by atoms with Gasteiger partial charge in [0.2, 0.25) is 0 Å². The number of para-hydroxylation sites is 2. The van der Waals surface area contributed by atoms with Crippen LogP contribution >= 0.6 is 23.8 Å². The van der Waals surface area contributed by atoms with Gasteiger partial charge in [0.05, 0.1) is 24.4 Å². The van der Waals surface area contributed by atoms with Crippen LogP contribution in [-0.4, -0.2) is 40.4 Å². The summed E-state index contributed by atoms with van der Waals surface area (Å²) >= 11 is 11.4. The first-order valence-electron chi connectivity index (χ1n) is 8.28. The average molecular weight is 444 g/mol. The molecule has 0 aliphatic heterocycles. The third kappa shape index (κ3) is 5.96. The zero-order valence-corrected chi connectivity index (χ0v) is 18.0. The lowest BCUT2D eigenvalue weighted by molar-refractivity contribution is 0.179. The molecule has 0 spiro atoms. The molecule has 0 bridgehead atoms. The van der Waals surface area contributed by atoms with Gasteiger partial charge in [0.1, 0.15) is 10.6 Å². The molecular weight excluding hydrogens is 422 g/mol. The Hall–Kier alpha value is -2.07. The Morgan fingerprint density at radius 1 is 1.21 bits per heavy atom. The second-order valence-electron chi connectivity index (χ2n) is 5.91. The maximum Gasteiger partial charge on any atom is 0.263 e. The van der Waals surface area contributed by atoms with Crippen LogP contribution < -0.4 is 20.1 Å². The molecule has 1 atom stereocenters. The molecule has 2 aromatic rings. The van der Waals surface area contributed by atoms with Gasteiger partial charge in [-0.1, -0.05) is 23.7 Å². The molecule has 0 fully saturated rings. The fraction of sp³-hybridized carbons (Fsp3) is 0.278. The summed E-state index contributed by atoms with van der Waals surface area (Å²) in [6, 6.07) is 11.2. The summed E-state index contributed by atoms with van der Waals surface area (Å²) in [4.78, 5) is -0.0854. The van der Waals surface area contributed by atoms with Crippen molar-refractivity contribution >= 4 is 50.3 Å². The molecule has 0 saturated carbocycles. The molecule has 2 aromatic carbocycles. The fourth-order valence-electron chi connectivity index (χ4n) is 2.40. The molecular formula is C18H22ClN3O4S2.